The van der Waals surface area contributed by atoms with E-state index in [1.165, 1.54) is 0 Å². The summed E-state index contributed by atoms with van der Waals surface area (Å²) in [4.78, 5) is 46.0. The van der Waals surface area contributed by atoms with Crippen LogP contribution in [0, 0.1) is 5.41 Å². The number of phosphoric acid groups is 1. The number of aliphatic hydroxyl groups excluding tert-OH is 2. The van der Waals surface area contributed by atoms with Crippen molar-refractivity contribution in [2.75, 3.05) is 6.61 Å². The van der Waals surface area contributed by atoms with Crippen LogP contribution in [0.2, 0.25) is 0 Å². The molecule has 0 spiro atoms. The number of hydrogen-bond acceptors (Lipinski definition) is 9. The van der Waals surface area contributed by atoms with Crippen LogP contribution in [0.25, 0.3) is 0 Å². The fourth-order valence-electron chi connectivity index (χ4n) is 3.85. The van der Waals surface area contributed by atoms with Crippen LogP contribution in [0.15, 0.2) is 47.1 Å². The predicted molar refractivity (Wildman–Crippen MR) is 126 cm³/mol. The molecule has 1 heterocycles. The van der Waals surface area contributed by atoms with Crippen LogP contribution in [0.3, 0.4) is 0 Å². The van der Waals surface area contributed by atoms with Crippen LogP contribution in [-0.4, -0.2) is 63.7 Å². The van der Waals surface area contributed by atoms with E-state index in [-0.39, 0.29) is 6.42 Å². The van der Waals surface area contributed by atoms with Gasteiger partial charge in [-0.3, -0.25) is 18.6 Å². The molecule has 0 aromatic carbocycles. The lowest BCUT2D eigenvalue weighted by Gasteiger charge is -2.36. The third kappa shape index (κ3) is 7.39. The molecule has 11 heteroatoms. The van der Waals surface area contributed by atoms with E-state index in [0.29, 0.717) is 5.57 Å². The second kappa shape index (κ2) is 11.7. The fraction of sp³-hybridized carbons (Fsp3) is 0.542. The Kier molecular flexibility index (Phi) is 9.70. The van der Waals surface area contributed by atoms with Gasteiger partial charge in [-0.1, -0.05) is 56.7 Å². The molecule has 194 valence electrons. The zero-order chi connectivity index (χ0) is 26.6. The van der Waals surface area contributed by atoms with Crippen LogP contribution in [0.1, 0.15) is 47.5 Å². The molecule has 10 nitrogen and oxygen atoms in total. The lowest BCUT2D eigenvalue weighted by atomic mass is 9.71. The van der Waals surface area contributed by atoms with Gasteiger partial charge in [-0.2, -0.15) is 0 Å². The number of Topliss-reactive ketones (excluding diaryl/α,β-unsaturated/α-hetero) is 2. The van der Waals surface area contributed by atoms with E-state index in [2.05, 4.69) is 4.74 Å². The van der Waals surface area contributed by atoms with Crippen molar-refractivity contribution in [3.05, 3.63) is 47.1 Å². The summed E-state index contributed by atoms with van der Waals surface area (Å²) in [6.07, 6.45) is 3.85. The number of phosphoric ester groups is 1. The summed E-state index contributed by atoms with van der Waals surface area (Å²) in [6, 6.07) is 0. The van der Waals surface area contributed by atoms with Crippen LogP contribution in [-0.2, 0) is 32.7 Å². The van der Waals surface area contributed by atoms with Gasteiger partial charge < -0.3 is 19.8 Å². The molecule has 1 aliphatic carbocycles. The Morgan fingerprint density at radius 1 is 1.31 bits per heavy atom. The summed E-state index contributed by atoms with van der Waals surface area (Å²) < 4.78 is 26.9. The molecule has 1 saturated heterocycles. The van der Waals surface area contributed by atoms with E-state index in [9.17, 15) is 34.1 Å². The summed E-state index contributed by atoms with van der Waals surface area (Å²) in [5, 5.41) is 19.3. The molecule has 0 radical (unpaired) electrons. The zero-order valence-electron chi connectivity index (χ0n) is 20.5. The number of ether oxygens (including phenoxy) is 1. The van der Waals surface area contributed by atoms with E-state index in [1.807, 2.05) is 58.1 Å². The number of hydrogen-bond donors (Lipinski definition) is 3. The van der Waals surface area contributed by atoms with Gasteiger partial charge in [-0.15, -0.1) is 0 Å². The third-order valence-electron chi connectivity index (χ3n) is 5.77. The summed E-state index contributed by atoms with van der Waals surface area (Å²) in [6.45, 7) is 8.45. The lowest BCUT2D eigenvalue weighted by molar-refractivity contribution is -0.151. The number of aliphatic hydroxyl groups is 2. The fourth-order valence-corrected chi connectivity index (χ4v) is 4.74. The number of ketones is 2. The average Bonchev–Trinajstić information content (AvgIpc) is 3.02. The lowest BCUT2D eigenvalue weighted by Crippen LogP contribution is -2.38. The average molecular weight is 512 g/mol. The number of allylic oxidation sites excluding steroid dienone is 7. The van der Waals surface area contributed by atoms with Gasteiger partial charge in [0, 0.05) is 0 Å². The molecule has 3 N–H and O–H groups in total. The van der Waals surface area contributed by atoms with Gasteiger partial charge in [0.25, 0.3) is 0 Å². The second-order valence-electron chi connectivity index (χ2n) is 9.16. The van der Waals surface area contributed by atoms with Crippen molar-refractivity contribution in [1.82, 2.24) is 0 Å². The Labute approximate surface area is 204 Å². The van der Waals surface area contributed by atoms with Gasteiger partial charge >= 0.3 is 13.8 Å². The SMILES string of the molecule is CCC=CC=C(C)C=CC1=C(C)C(=O)C(OP(=O)(O)OC[C@H](O)[C@H]2OC(=O)C(O)C2=O)CC1(C)C. The van der Waals surface area contributed by atoms with Crippen LogP contribution < -0.4 is 0 Å². The van der Waals surface area contributed by atoms with Gasteiger partial charge in [0.15, 0.2) is 11.9 Å². The summed E-state index contributed by atoms with van der Waals surface area (Å²) in [7, 11) is -4.84. The monoisotopic (exact) mass is 512 g/mol. The molecule has 5 atom stereocenters. The Morgan fingerprint density at radius 3 is 2.54 bits per heavy atom. The number of rotatable bonds is 10. The maximum Gasteiger partial charge on any atom is 0.472 e. The highest BCUT2D eigenvalue weighted by molar-refractivity contribution is 7.47. The van der Waals surface area contributed by atoms with Crippen LogP contribution in [0.5, 0.6) is 0 Å². The number of carbonyl (C=O) groups excluding carboxylic acids is 3. The number of carbonyl (C=O) groups is 3. The minimum atomic E-state index is -4.84. The van der Waals surface area contributed by atoms with Gasteiger partial charge in [0.05, 0.1) is 6.61 Å². The predicted octanol–water partition coefficient (Wildman–Crippen LogP) is 2.49. The Hall–Kier alpha value is -2.20. The molecule has 0 amide bonds. The third-order valence-corrected chi connectivity index (χ3v) is 6.77. The first-order chi connectivity index (χ1) is 16.2. The second-order valence-corrected chi connectivity index (χ2v) is 10.6. The minimum Gasteiger partial charge on any atom is -0.449 e. The standard InChI is InChI=1S/C24H33O10P/c1-6-7-8-9-14(2)10-11-16-15(3)19(26)18(12-24(16,4)5)34-35(30,31)32-13-17(25)22-20(27)21(28)23(29)33-22/h7-11,17-18,21-22,25,28H,6,12-13H2,1-5H3,(H,30,31)/t17-,18?,21?,22+/m0/s1. The van der Waals surface area contributed by atoms with Crippen molar-refractivity contribution < 1.29 is 47.8 Å². The first-order valence-electron chi connectivity index (χ1n) is 11.2. The maximum absolute atomic E-state index is 12.9. The molecule has 0 saturated carbocycles. The highest BCUT2D eigenvalue weighted by Gasteiger charge is 2.47. The minimum absolute atomic E-state index is 0.0999. The summed E-state index contributed by atoms with van der Waals surface area (Å²) in [5.74, 6) is -2.79. The summed E-state index contributed by atoms with van der Waals surface area (Å²) >= 11 is 0. The first kappa shape index (κ1) is 29.0. The van der Waals surface area contributed by atoms with E-state index >= 15 is 0 Å². The quantitative estimate of drug-likeness (QED) is 0.172. The molecular formula is C24H33O10P. The molecule has 0 aromatic rings. The maximum atomic E-state index is 12.9. The van der Waals surface area contributed by atoms with Crippen molar-refractivity contribution in [2.24, 2.45) is 5.41 Å². The Morgan fingerprint density at radius 2 is 1.97 bits per heavy atom. The van der Waals surface area contributed by atoms with E-state index in [0.717, 1.165) is 17.6 Å². The molecule has 1 aliphatic heterocycles. The topological polar surface area (TPSA) is 157 Å². The van der Waals surface area contributed by atoms with Crippen molar-refractivity contribution in [1.29, 1.82) is 0 Å². The van der Waals surface area contributed by atoms with Crippen LogP contribution in [0.4, 0.5) is 0 Å². The van der Waals surface area contributed by atoms with Crippen LogP contribution >= 0.6 is 7.82 Å². The molecular weight excluding hydrogens is 479 g/mol. The first-order valence-corrected chi connectivity index (χ1v) is 12.7. The van der Waals surface area contributed by atoms with Gasteiger partial charge in [-0.25, -0.2) is 9.36 Å². The van der Waals surface area contributed by atoms with Crippen molar-refractivity contribution >= 4 is 25.4 Å². The normalized spacial score (nSPS) is 28.2. The van der Waals surface area contributed by atoms with E-state index in [1.54, 1.807) is 6.92 Å². The molecule has 2 rings (SSSR count). The van der Waals surface area contributed by atoms with Crippen molar-refractivity contribution in [2.45, 2.75) is 71.9 Å². The molecule has 35 heavy (non-hydrogen) atoms. The molecule has 3 unspecified atom stereocenters. The Balaban J connectivity index is 2.08. The zero-order valence-corrected chi connectivity index (χ0v) is 21.4. The highest BCUT2D eigenvalue weighted by Crippen LogP contribution is 2.49. The smallest absolute Gasteiger partial charge is 0.449 e. The van der Waals surface area contributed by atoms with Crippen molar-refractivity contribution in [3.63, 3.8) is 0 Å². The van der Waals surface area contributed by atoms with Gasteiger partial charge in [0.1, 0.15) is 12.2 Å². The molecule has 0 aromatic heterocycles. The largest absolute Gasteiger partial charge is 0.472 e. The Bertz CT molecular complexity index is 1020. The molecule has 0 bridgehead atoms. The van der Waals surface area contributed by atoms with Gasteiger partial charge in [0.2, 0.25) is 11.9 Å². The number of esters is 1. The summed E-state index contributed by atoms with van der Waals surface area (Å²) in [5.41, 5.74) is 1.58. The molecule has 2 aliphatic rings. The van der Waals surface area contributed by atoms with Crippen molar-refractivity contribution in [3.8, 4) is 0 Å². The van der Waals surface area contributed by atoms with E-state index < -0.39 is 61.8 Å². The van der Waals surface area contributed by atoms with E-state index in [4.69, 9.17) is 9.05 Å². The molecule has 1 fully saturated rings. The number of cyclic esters (lactones) is 1. The highest BCUT2D eigenvalue weighted by atomic mass is 31.2. The van der Waals surface area contributed by atoms with Gasteiger partial charge in [-0.05, 0) is 43.3 Å².